The quantitative estimate of drug-likeness (QED) is 0.800. The molecule has 0 aliphatic carbocycles. The Bertz CT molecular complexity index is 462. The second-order valence-corrected chi connectivity index (χ2v) is 4.46. The monoisotopic (exact) mass is 249 g/mol. The van der Waals surface area contributed by atoms with Crippen LogP contribution in [-0.2, 0) is 13.0 Å². The zero-order valence-electron chi connectivity index (χ0n) is 9.83. The van der Waals surface area contributed by atoms with Crippen LogP contribution in [0.3, 0.4) is 0 Å². The van der Waals surface area contributed by atoms with Crippen LogP contribution >= 0.6 is 11.6 Å². The third kappa shape index (κ3) is 3.58. The number of imidazole rings is 1. The SMILES string of the molecule is Cc1[nH]cnc1CNCCc1ccc(Cl)cc1. The van der Waals surface area contributed by atoms with E-state index in [4.69, 9.17) is 11.6 Å². The van der Waals surface area contributed by atoms with Crippen molar-refractivity contribution in [3.8, 4) is 0 Å². The van der Waals surface area contributed by atoms with E-state index < -0.39 is 0 Å². The lowest BCUT2D eigenvalue weighted by atomic mass is 10.1. The minimum Gasteiger partial charge on any atom is -0.348 e. The van der Waals surface area contributed by atoms with Crippen molar-refractivity contribution >= 4 is 11.6 Å². The first-order valence-electron chi connectivity index (χ1n) is 5.70. The minimum atomic E-state index is 0.786. The van der Waals surface area contributed by atoms with Gasteiger partial charge in [0.2, 0.25) is 0 Å². The number of aryl methyl sites for hydroxylation is 1. The molecule has 0 bridgehead atoms. The number of nitrogens with zero attached hydrogens (tertiary/aromatic N) is 1. The average Bonchev–Trinajstić information content (AvgIpc) is 2.73. The van der Waals surface area contributed by atoms with Crippen LogP contribution in [0.4, 0.5) is 0 Å². The summed E-state index contributed by atoms with van der Waals surface area (Å²) in [6, 6.07) is 7.97. The lowest BCUT2D eigenvalue weighted by Gasteiger charge is -2.04. The first-order chi connectivity index (χ1) is 8.25. The van der Waals surface area contributed by atoms with E-state index in [1.54, 1.807) is 6.33 Å². The highest BCUT2D eigenvalue weighted by Gasteiger charge is 1.99. The Morgan fingerprint density at radius 1 is 1.29 bits per heavy atom. The average molecular weight is 250 g/mol. The van der Waals surface area contributed by atoms with Gasteiger partial charge in [-0.15, -0.1) is 0 Å². The largest absolute Gasteiger partial charge is 0.348 e. The number of benzene rings is 1. The third-order valence-corrected chi connectivity index (χ3v) is 2.98. The van der Waals surface area contributed by atoms with Gasteiger partial charge in [-0.05, 0) is 37.6 Å². The first kappa shape index (κ1) is 12.1. The summed E-state index contributed by atoms with van der Waals surface area (Å²) in [5.74, 6) is 0. The van der Waals surface area contributed by atoms with Crippen LogP contribution in [0, 0.1) is 6.92 Å². The van der Waals surface area contributed by atoms with E-state index in [1.165, 1.54) is 5.56 Å². The van der Waals surface area contributed by atoms with E-state index >= 15 is 0 Å². The summed E-state index contributed by atoms with van der Waals surface area (Å²) in [5, 5.41) is 4.16. The van der Waals surface area contributed by atoms with Gasteiger partial charge < -0.3 is 10.3 Å². The molecule has 0 aliphatic heterocycles. The second kappa shape index (κ2) is 5.84. The molecule has 0 spiro atoms. The molecular weight excluding hydrogens is 234 g/mol. The van der Waals surface area contributed by atoms with E-state index in [-0.39, 0.29) is 0 Å². The van der Waals surface area contributed by atoms with Gasteiger partial charge in [0.25, 0.3) is 0 Å². The van der Waals surface area contributed by atoms with E-state index in [2.05, 4.69) is 27.4 Å². The molecule has 0 fully saturated rings. The number of halogens is 1. The molecule has 0 saturated carbocycles. The van der Waals surface area contributed by atoms with Crippen LogP contribution in [0.25, 0.3) is 0 Å². The van der Waals surface area contributed by atoms with Crippen LogP contribution in [-0.4, -0.2) is 16.5 Å². The molecule has 0 saturated heterocycles. The summed E-state index contributed by atoms with van der Waals surface area (Å²) in [6.45, 7) is 3.78. The Hall–Kier alpha value is -1.32. The van der Waals surface area contributed by atoms with Crippen LogP contribution in [0.1, 0.15) is 17.0 Å². The van der Waals surface area contributed by atoms with Crippen LogP contribution in [0.15, 0.2) is 30.6 Å². The molecule has 1 heterocycles. The standard InChI is InChI=1S/C13H16ClN3/c1-10-13(17-9-16-10)8-15-7-6-11-2-4-12(14)5-3-11/h2-5,9,15H,6-8H2,1H3,(H,16,17). The molecule has 0 unspecified atom stereocenters. The fourth-order valence-electron chi connectivity index (χ4n) is 1.66. The van der Waals surface area contributed by atoms with Crippen LogP contribution in [0.2, 0.25) is 5.02 Å². The summed E-state index contributed by atoms with van der Waals surface area (Å²) in [7, 11) is 0. The highest BCUT2D eigenvalue weighted by atomic mass is 35.5. The van der Waals surface area contributed by atoms with Gasteiger partial charge in [0.05, 0.1) is 12.0 Å². The molecular formula is C13H16ClN3. The lowest BCUT2D eigenvalue weighted by molar-refractivity contribution is 0.674. The maximum Gasteiger partial charge on any atom is 0.0925 e. The zero-order valence-corrected chi connectivity index (χ0v) is 10.6. The molecule has 2 rings (SSSR count). The molecule has 90 valence electrons. The Labute approximate surface area is 106 Å². The predicted molar refractivity (Wildman–Crippen MR) is 70.2 cm³/mol. The molecule has 0 amide bonds. The van der Waals surface area contributed by atoms with Gasteiger partial charge in [-0.2, -0.15) is 0 Å². The molecule has 17 heavy (non-hydrogen) atoms. The van der Waals surface area contributed by atoms with E-state index in [1.807, 2.05) is 19.1 Å². The summed E-state index contributed by atoms with van der Waals surface area (Å²) in [4.78, 5) is 7.30. The van der Waals surface area contributed by atoms with Crippen molar-refractivity contribution in [2.24, 2.45) is 0 Å². The number of rotatable bonds is 5. The van der Waals surface area contributed by atoms with Crippen molar-refractivity contribution in [3.05, 3.63) is 52.6 Å². The Balaban J connectivity index is 1.73. The van der Waals surface area contributed by atoms with Crippen molar-refractivity contribution in [2.45, 2.75) is 19.9 Å². The summed E-state index contributed by atoms with van der Waals surface area (Å²) in [6.07, 6.45) is 2.73. The van der Waals surface area contributed by atoms with Gasteiger partial charge in [0.15, 0.2) is 0 Å². The van der Waals surface area contributed by atoms with Crippen molar-refractivity contribution in [3.63, 3.8) is 0 Å². The lowest BCUT2D eigenvalue weighted by Crippen LogP contribution is -2.17. The van der Waals surface area contributed by atoms with Gasteiger partial charge in [-0.1, -0.05) is 23.7 Å². The normalized spacial score (nSPS) is 10.7. The van der Waals surface area contributed by atoms with E-state index in [0.717, 1.165) is 35.9 Å². The van der Waals surface area contributed by atoms with Crippen LogP contribution < -0.4 is 5.32 Å². The van der Waals surface area contributed by atoms with Gasteiger partial charge in [-0.3, -0.25) is 0 Å². The number of hydrogen-bond donors (Lipinski definition) is 2. The summed E-state index contributed by atoms with van der Waals surface area (Å²) >= 11 is 5.83. The molecule has 0 radical (unpaired) electrons. The highest BCUT2D eigenvalue weighted by molar-refractivity contribution is 6.30. The van der Waals surface area contributed by atoms with E-state index in [0.29, 0.717) is 0 Å². The zero-order chi connectivity index (χ0) is 12.1. The minimum absolute atomic E-state index is 0.786. The van der Waals surface area contributed by atoms with E-state index in [9.17, 15) is 0 Å². The molecule has 0 aliphatic rings. The molecule has 0 atom stereocenters. The molecule has 2 N–H and O–H groups in total. The molecule has 1 aromatic heterocycles. The first-order valence-corrected chi connectivity index (χ1v) is 6.07. The molecule has 2 aromatic rings. The van der Waals surface area contributed by atoms with Crippen molar-refractivity contribution in [1.29, 1.82) is 0 Å². The number of nitrogens with one attached hydrogen (secondary N) is 2. The topological polar surface area (TPSA) is 40.7 Å². The van der Waals surface area contributed by atoms with Crippen molar-refractivity contribution in [2.75, 3.05) is 6.54 Å². The van der Waals surface area contributed by atoms with Crippen molar-refractivity contribution < 1.29 is 0 Å². The van der Waals surface area contributed by atoms with Gasteiger partial charge in [-0.25, -0.2) is 4.98 Å². The second-order valence-electron chi connectivity index (χ2n) is 4.03. The van der Waals surface area contributed by atoms with Gasteiger partial charge in [0, 0.05) is 17.3 Å². The fourth-order valence-corrected chi connectivity index (χ4v) is 1.78. The van der Waals surface area contributed by atoms with Gasteiger partial charge >= 0.3 is 0 Å². The smallest absolute Gasteiger partial charge is 0.0925 e. The fraction of sp³-hybridized carbons (Fsp3) is 0.308. The number of H-pyrrole nitrogens is 1. The summed E-state index contributed by atoms with van der Waals surface area (Å²) < 4.78 is 0. The molecule has 4 heteroatoms. The maximum atomic E-state index is 5.83. The molecule has 3 nitrogen and oxygen atoms in total. The Morgan fingerprint density at radius 3 is 2.71 bits per heavy atom. The van der Waals surface area contributed by atoms with Gasteiger partial charge in [0.1, 0.15) is 0 Å². The maximum absolute atomic E-state index is 5.83. The number of hydrogen-bond acceptors (Lipinski definition) is 2. The van der Waals surface area contributed by atoms with Crippen LogP contribution in [0.5, 0.6) is 0 Å². The van der Waals surface area contributed by atoms with Crippen molar-refractivity contribution in [1.82, 2.24) is 15.3 Å². The molecule has 1 aromatic carbocycles. The number of aromatic nitrogens is 2. The Morgan fingerprint density at radius 2 is 2.06 bits per heavy atom. The Kier molecular flexibility index (Phi) is 4.18. The highest BCUT2D eigenvalue weighted by Crippen LogP contribution is 2.09. The third-order valence-electron chi connectivity index (χ3n) is 2.73. The number of aromatic amines is 1. The predicted octanol–water partition coefficient (Wildman–Crippen LogP) is 2.70. The summed E-state index contributed by atoms with van der Waals surface area (Å²) in [5.41, 5.74) is 3.51.